The average Bonchev–Trinajstić information content (AvgIpc) is 3.54. The highest BCUT2D eigenvalue weighted by atomic mass is 16.2. The molecule has 2 aromatic carbocycles. The highest BCUT2D eigenvalue weighted by Gasteiger charge is 2.39. The molecule has 2 aliphatic rings. The van der Waals surface area contributed by atoms with Gasteiger partial charge in [-0.1, -0.05) is 30.3 Å². The molecule has 1 atom stereocenters. The van der Waals surface area contributed by atoms with Gasteiger partial charge in [-0.25, -0.2) is 0 Å². The maximum atomic E-state index is 13.5. The molecular formula is C25H26N4O2. The van der Waals surface area contributed by atoms with E-state index in [4.69, 9.17) is 0 Å². The van der Waals surface area contributed by atoms with E-state index < -0.39 is 0 Å². The third-order valence-electron chi connectivity index (χ3n) is 6.40. The Balaban J connectivity index is 1.39. The van der Waals surface area contributed by atoms with Gasteiger partial charge in [0.1, 0.15) is 0 Å². The maximum absolute atomic E-state index is 13.5. The van der Waals surface area contributed by atoms with Gasteiger partial charge in [-0.2, -0.15) is 5.10 Å². The number of aryl methyl sites for hydroxylation is 1. The van der Waals surface area contributed by atoms with E-state index in [2.05, 4.69) is 20.4 Å². The number of aromatic amines is 1. The van der Waals surface area contributed by atoms with Gasteiger partial charge in [-0.15, -0.1) is 0 Å². The smallest absolute Gasteiger partial charge is 0.254 e. The highest BCUT2D eigenvalue weighted by Crippen LogP contribution is 2.35. The summed E-state index contributed by atoms with van der Waals surface area (Å²) in [7, 11) is 1.63. The van der Waals surface area contributed by atoms with Crippen molar-refractivity contribution in [3.05, 3.63) is 77.1 Å². The number of amides is 2. The van der Waals surface area contributed by atoms with Crippen LogP contribution in [0.1, 0.15) is 51.2 Å². The summed E-state index contributed by atoms with van der Waals surface area (Å²) in [5.74, 6) is -0.0165. The molecule has 2 N–H and O–H groups in total. The number of benzene rings is 2. The van der Waals surface area contributed by atoms with Crippen molar-refractivity contribution in [1.82, 2.24) is 20.4 Å². The second kappa shape index (κ2) is 8.02. The van der Waals surface area contributed by atoms with E-state index in [-0.39, 0.29) is 17.9 Å². The molecule has 1 fully saturated rings. The van der Waals surface area contributed by atoms with Crippen LogP contribution >= 0.6 is 0 Å². The van der Waals surface area contributed by atoms with Crippen molar-refractivity contribution < 1.29 is 9.59 Å². The second-order valence-electron chi connectivity index (χ2n) is 8.42. The van der Waals surface area contributed by atoms with Crippen LogP contribution in [0.5, 0.6) is 0 Å². The van der Waals surface area contributed by atoms with Crippen LogP contribution in [0, 0.1) is 0 Å². The van der Waals surface area contributed by atoms with Crippen LogP contribution in [-0.4, -0.2) is 46.0 Å². The van der Waals surface area contributed by atoms with Gasteiger partial charge in [0.05, 0.1) is 6.20 Å². The number of aromatic nitrogens is 2. The summed E-state index contributed by atoms with van der Waals surface area (Å²) in [4.78, 5) is 27.8. The number of carbonyl (C=O) groups is 2. The fourth-order valence-electron chi connectivity index (χ4n) is 4.63. The van der Waals surface area contributed by atoms with E-state index in [1.54, 1.807) is 7.05 Å². The van der Waals surface area contributed by atoms with Crippen LogP contribution in [-0.2, 0) is 12.8 Å². The molecule has 1 heterocycles. The van der Waals surface area contributed by atoms with E-state index in [1.165, 1.54) is 11.3 Å². The molecule has 2 amide bonds. The van der Waals surface area contributed by atoms with Crippen LogP contribution in [0.15, 0.2) is 54.7 Å². The Bertz CT molecular complexity index is 1110. The van der Waals surface area contributed by atoms with Crippen LogP contribution in [0.4, 0.5) is 0 Å². The van der Waals surface area contributed by atoms with Crippen LogP contribution in [0.25, 0.3) is 11.1 Å². The zero-order chi connectivity index (χ0) is 21.4. The third kappa shape index (κ3) is 3.74. The Morgan fingerprint density at radius 3 is 2.55 bits per heavy atom. The van der Waals surface area contributed by atoms with Crippen molar-refractivity contribution in [2.75, 3.05) is 7.05 Å². The predicted octanol–water partition coefficient (Wildman–Crippen LogP) is 3.60. The molecule has 1 unspecified atom stereocenters. The molecule has 0 aliphatic heterocycles. The molecule has 0 spiro atoms. The topological polar surface area (TPSA) is 78.1 Å². The molecule has 0 radical (unpaired) electrons. The highest BCUT2D eigenvalue weighted by molar-refractivity contribution is 6.01. The summed E-state index contributed by atoms with van der Waals surface area (Å²) >= 11 is 0. The molecule has 2 aliphatic carbocycles. The van der Waals surface area contributed by atoms with Crippen molar-refractivity contribution in [3.8, 4) is 11.1 Å². The van der Waals surface area contributed by atoms with E-state index in [0.29, 0.717) is 17.2 Å². The lowest BCUT2D eigenvalue weighted by molar-refractivity contribution is 0.0642. The van der Waals surface area contributed by atoms with Gasteiger partial charge in [0, 0.05) is 36.0 Å². The number of nitrogens with one attached hydrogen (secondary N) is 2. The van der Waals surface area contributed by atoms with Gasteiger partial charge >= 0.3 is 0 Å². The Kier molecular flexibility index (Phi) is 5.06. The van der Waals surface area contributed by atoms with Gasteiger partial charge in [-0.3, -0.25) is 14.7 Å². The maximum Gasteiger partial charge on any atom is 0.254 e. The SMILES string of the molecule is CNC(=O)c1ccccc1-c1ccc(C(=O)N(C2CC2)C2CCc3[nH]ncc3C2)cc1. The van der Waals surface area contributed by atoms with Gasteiger partial charge < -0.3 is 10.2 Å². The van der Waals surface area contributed by atoms with Gasteiger partial charge in [0.15, 0.2) is 0 Å². The number of nitrogens with zero attached hydrogens (tertiary/aromatic N) is 2. The predicted molar refractivity (Wildman–Crippen MR) is 119 cm³/mol. The average molecular weight is 415 g/mol. The van der Waals surface area contributed by atoms with Gasteiger partial charge in [0.25, 0.3) is 11.8 Å². The second-order valence-corrected chi connectivity index (χ2v) is 8.42. The third-order valence-corrected chi connectivity index (χ3v) is 6.40. The molecule has 31 heavy (non-hydrogen) atoms. The molecule has 158 valence electrons. The molecule has 1 saturated carbocycles. The van der Waals surface area contributed by atoms with E-state index >= 15 is 0 Å². The molecule has 3 aromatic rings. The normalized spacial score (nSPS) is 17.6. The summed E-state index contributed by atoms with van der Waals surface area (Å²) in [6.45, 7) is 0. The lowest BCUT2D eigenvalue weighted by atomic mass is 9.91. The number of carbonyl (C=O) groups excluding carboxylic acids is 2. The molecule has 5 rings (SSSR count). The molecule has 0 bridgehead atoms. The first-order valence-electron chi connectivity index (χ1n) is 10.9. The lowest BCUT2D eigenvalue weighted by Gasteiger charge is -2.34. The minimum absolute atomic E-state index is 0.102. The Labute approximate surface area is 181 Å². The van der Waals surface area contributed by atoms with Crippen LogP contribution in [0.3, 0.4) is 0 Å². The number of hydrogen-bond donors (Lipinski definition) is 2. The summed E-state index contributed by atoms with van der Waals surface area (Å²) in [5.41, 5.74) is 5.55. The quantitative estimate of drug-likeness (QED) is 0.670. The molecule has 1 aromatic heterocycles. The van der Waals surface area contributed by atoms with E-state index in [9.17, 15) is 9.59 Å². The zero-order valence-electron chi connectivity index (χ0n) is 17.6. The first-order valence-corrected chi connectivity index (χ1v) is 10.9. The van der Waals surface area contributed by atoms with Crippen molar-refractivity contribution in [2.45, 2.75) is 44.2 Å². The Morgan fingerprint density at radius 2 is 1.81 bits per heavy atom. The number of rotatable bonds is 5. The summed E-state index contributed by atoms with van der Waals surface area (Å²) in [6, 6.07) is 15.7. The Hall–Kier alpha value is -3.41. The molecule has 0 saturated heterocycles. The monoisotopic (exact) mass is 414 g/mol. The van der Waals surface area contributed by atoms with Gasteiger partial charge in [0.2, 0.25) is 0 Å². The zero-order valence-corrected chi connectivity index (χ0v) is 17.6. The fraction of sp³-hybridized carbons (Fsp3) is 0.320. The minimum Gasteiger partial charge on any atom is -0.355 e. The van der Waals surface area contributed by atoms with E-state index in [0.717, 1.165) is 43.2 Å². The number of hydrogen-bond acceptors (Lipinski definition) is 3. The lowest BCUT2D eigenvalue weighted by Crippen LogP contribution is -2.44. The van der Waals surface area contributed by atoms with Gasteiger partial charge in [-0.05, 0) is 67.0 Å². The van der Waals surface area contributed by atoms with Crippen molar-refractivity contribution in [2.24, 2.45) is 0 Å². The summed E-state index contributed by atoms with van der Waals surface area (Å²) < 4.78 is 0. The number of H-pyrrole nitrogens is 1. The van der Waals surface area contributed by atoms with Crippen molar-refractivity contribution in [3.63, 3.8) is 0 Å². The minimum atomic E-state index is -0.119. The van der Waals surface area contributed by atoms with Crippen LogP contribution in [0.2, 0.25) is 0 Å². The first-order chi connectivity index (χ1) is 15.2. The molecule has 6 nitrogen and oxygen atoms in total. The van der Waals surface area contributed by atoms with Crippen molar-refractivity contribution >= 4 is 11.8 Å². The summed E-state index contributed by atoms with van der Waals surface area (Å²) in [6.07, 6.45) is 6.83. The fourth-order valence-corrected chi connectivity index (χ4v) is 4.63. The van der Waals surface area contributed by atoms with E-state index in [1.807, 2.05) is 54.7 Å². The largest absolute Gasteiger partial charge is 0.355 e. The summed E-state index contributed by atoms with van der Waals surface area (Å²) in [5, 5.41) is 9.94. The van der Waals surface area contributed by atoms with Crippen molar-refractivity contribution in [1.29, 1.82) is 0 Å². The first kappa shape index (κ1) is 19.5. The number of fused-ring (bicyclic) bond motifs is 1. The standard InChI is InChI=1S/C25H26N4O2/c1-26-24(30)22-5-3-2-4-21(22)16-6-8-17(9-7-16)25(31)29(19-10-11-19)20-12-13-23-18(14-20)15-27-28-23/h2-9,15,19-20H,10-14H2,1H3,(H,26,30)(H,27,28). The van der Waals surface area contributed by atoms with Crippen LogP contribution < -0.4 is 5.32 Å². The molecule has 6 heteroatoms. The molecular weight excluding hydrogens is 388 g/mol. The Morgan fingerprint density at radius 1 is 1.03 bits per heavy atom.